The van der Waals surface area contributed by atoms with Crippen LogP contribution in [0.2, 0.25) is 0 Å². The van der Waals surface area contributed by atoms with Crippen molar-refractivity contribution in [2.45, 2.75) is 6.54 Å². The summed E-state index contributed by atoms with van der Waals surface area (Å²) >= 11 is 10.4. The van der Waals surface area contributed by atoms with E-state index in [0.29, 0.717) is 0 Å². The molecule has 2 rings (SSSR count). The lowest BCUT2D eigenvalue weighted by Crippen LogP contribution is -2.02. The minimum Gasteiger partial charge on any atom is -0.365 e. The van der Waals surface area contributed by atoms with Gasteiger partial charge in [-0.25, -0.2) is 4.98 Å². The zero-order valence-corrected chi connectivity index (χ0v) is 13.5. The third-order valence-corrected chi connectivity index (χ3v) is 4.02. The Bertz CT molecular complexity index is 529. The van der Waals surface area contributed by atoms with Crippen molar-refractivity contribution in [3.63, 3.8) is 0 Å². The number of nitrogens with one attached hydrogen (secondary N) is 1. The second-order valence-corrected chi connectivity index (χ2v) is 6.05. The Hall–Kier alpha value is -0.390. The molecular weight excluding hydrogens is 412 g/mol. The molecule has 2 aromatic rings. The second-order valence-electron chi connectivity index (χ2n) is 3.43. The Morgan fingerprint density at radius 1 is 1.06 bits per heavy atom. The molecule has 0 spiro atoms. The average molecular weight is 421 g/mol. The summed E-state index contributed by atoms with van der Waals surface area (Å²) in [4.78, 5) is 4.30. The van der Waals surface area contributed by atoms with Crippen molar-refractivity contribution in [2.75, 3.05) is 5.32 Å². The quantitative estimate of drug-likeness (QED) is 0.757. The molecule has 0 amide bonds. The van der Waals surface area contributed by atoms with Crippen LogP contribution in [0.25, 0.3) is 0 Å². The predicted octanol–water partition coefficient (Wildman–Crippen LogP) is 4.98. The minimum atomic E-state index is 0.731. The van der Waals surface area contributed by atoms with Crippen molar-refractivity contribution in [3.8, 4) is 0 Å². The topological polar surface area (TPSA) is 24.9 Å². The van der Waals surface area contributed by atoms with E-state index in [1.54, 1.807) is 6.20 Å². The molecule has 0 fully saturated rings. The standard InChI is InChI=1S/C12H9Br3N2/c13-9-5-11(15)12(17-7-9)16-6-8-3-1-2-4-10(8)14/h1-5,7H,6H2,(H,16,17). The van der Waals surface area contributed by atoms with E-state index in [9.17, 15) is 0 Å². The molecule has 1 heterocycles. The number of halogens is 3. The molecule has 0 bridgehead atoms. The molecule has 5 heteroatoms. The zero-order chi connectivity index (χ0) is 12.3. The number of rotatable bonds is 3. The van der Waals surface area contributed by atoms with E-state index >= 15 is 0 Å². The van der Waals surface area contributed by atoms with Crippen molar-refractivity contribution in [1.82, 2.24) is 4.98 Å². The van der Waals surface area contributed by atoms with Gasteiger partial charge in [-0.1, -0.05) is 34.1 Å². The van der Waals surface area contributed by atoms with Crippen molar-refractivity contribution in [2.24, 2.45) is 0 Å². The van der Waals surface area contributed by atoms with Gasteiger partial charge in [-0.15, -0.1) is 0 Å². The van der Waals surface area contributed by atoms with Crippen molar-refractivity contribution in [3.05, 3.63) is 55.5 Å². The third-order valence-electron chi connectivity index (χ3n) is 2.21. The highest BCUT2D eigenvalue weighted by atomic mass is 79.9. The van der Waals surface area contributed by atoms with E-state index in [1.165, 1.54) is 5.56 Å². The molecule has 0 aliphatic heterocycles. The Balaban J connectivity index is 2.10. The number of anilines is 1. The van der Waals surface area contributed by atoms with E-state index in [-0.39, 0.29) is 0 Å². The van der Waals surface area contributed by atoms with Crippen molar-refractivity contribution >= 4 is 53.6 Å². The highest BCUT2D eigenvalue weighted by molar-refractivity contribution is 9.11. The lowest BCUT2D eigenvalue weighted by Gasteiger charge is -2.09. The molecule has 1 N–H and O–H groups in total. The maximum absolute atomic E-state index is 4.30. The van der Waals surface area contributed by atoms with Crippen molar-refractivity contribution in [1.29, 1.82) is 0 Å². The van der Waals surface area contributed by atoms with Crippen LogP contribution in [0.4, 0.5) is 5.82 Å². The fraction of sp³-hybridized carbons (Fsp3) is 0.0833. The highest BCUT2D eigenvalue weighted by Gasteiger charge is 2.03. The molecule has 0 atom stereocenters. The predicted molar refractivity (Wildman–Crippen MR) is 81.1 cm³/mol. The van der Waals surface area contributed by atoms with Crippen LogP contribution < -0.4 is 5.32 Å². The van der Waals surface area contributed by atoms with E-state index < -0.39 is 0 Å². The molecule has 0 aliphatic carbocycles. The van der Waals surface area contributed by atoms with Gasteiger partial charge in [0.1, 0.15) is 5.82 Å². The van der Waals surface area contributed by atoms with Crippen LogP contribution in [0.5, 0.6) is 0 Å². The van der Waals surface area contributed by atoms with Gasteiger partial charge in [0, 0.05) is 21.7 Å². The fourth-order valence-electron chi connectivity index (χ4n) is 1.37. The van der Waals surface area contributed by atoms with Gasteiger partial charge in [-0.05, 0) is 49.6 Å². The van der Waals surface area contributed by atoms with Crippen LogP contribution >= 0.6 is 47.8 Å². The average Bonchev–Trinajstić information content (AvgIpc) is 2.30. The SMILES string of the molecule is Brc1cnc(NCc2ccccc2Br)c(Br)c1. The molecule has 1 aromatic heterocycles. The maximum Gasteiger partial charge on any atom is 0.140 e. The summed E-state index contributed by atoms with van der Waals surface area (Å²) in [5, 5.41) is 3.29. The first kappa shape index (κ1) is 13.1. The Kier molecular flexibility index (Phi) is 4.59. The van der Waals surface area contributed by atoms with E-state index in [4.69, 9.17) is 0 Å². The van der Waals surface area contributed by atoms with Crippen LogP contribution in [-0.2, 0) is 6.54 Å². The molecule has 2 nitrogen and oxygen atoms in total. The van der Waals surface area contributed by atoms with Crippen molar-refractivity contribution < 1.29 is 0 Å². The summed E-state index contributed by atoms with van der Waals surface area (Å²) in [5.74, 6) is 0.837. The Morgan fingerprint density at radius 2 is 1.82 bits per heavy atom. The number of aromatic nitrogens is 1. The van der Waals surface area contributed by atoms with Crippen LogP contribution in [0.3, 0.4) is 0 Å². The number of nitrogens with zero attached hydrogens (tertiary/aromatic N) is 1. The van der Waals surface area contributed by atoms with Gasteiger partial charge in [0.2, 0.25) is 0 Å². The maximum atomic E-state index is 4.30. The Labute approximate surface area is 125 Å². The zero-order valence-electron chi connectivity index (χ0n) is 8.75. The molecule has 0 radical (unpaired) electrons. The monoisotopic (exact) mass is 418 g/mol. The first-order chi connectivity index (χ1) is 8.16. The lowest BCUT2D eigenvalue weighted by atomic mass is 10.2. The molecule has 17 heavy (non-hydrogen) atoms. The molecule has 0 aliphatic rings. The number of benzene rings is 1. The Morgan fingerprint density at radius 3 is 2.53 bits per heavy atom. The van der Waals surface area contributed by atoms with Gasteiger partial charge in [-0.3, -0.25) is 0 Å². The number of hydrogen-bond acceptors (Lipinski definition) is 2. The smallest absolute Gasteiger partial charge is 0.140 e. The summed E-state index contributed by atoms with van der Waals surface area (Å²) in [7, 11) is 0. The van der Waals surface area contributed by atoms with Crippen LogP contribution in [0.1, 0.15) is 5.56 Å². The normalized spacial score (nSPS) is 10.3. The molecule has 0 saturated carbocycles. The first-order valence-corrected chi connectivity index (χ1v) is 7.33. The minimum absolute atomic E-state index is 0.731. The van der Waals surface area contributed by atoms with Gasteiger partial charge in [-0.2, -0.15) is 0 Å². The summed E-state index contributed by atoms with van der Waals surface area (Å²) < 4.78 is 3.00. The molecular formula is C12H9Br3N2. The van der Waals surface area contributed by atoms with Crippen LogP contribution in [0, 0.1) is 0 Å². The van der Waals surface area contributed by atoms with Crippen LogP contribution in [0.15, 0.2) is 49.9 Å². The molecule has 88 valence electrons. The highest BCUT2D eigenvalue weighted by Crippen LogP contribution is 2.24. The molecule has 0 saturated heterocycles. The van der Waals surface area contributed by atoms with E-state index in [1.807, 2.05) is 24.3 Å². The van der Waals surface area contributed by atoms with Gasteiger partial charge in [0.05, 0.1) is 4.47 Å². The summed E-state index contributed by atoms with van der Waals surface area (Å²) in [6.07, 6.45) is 1.77. The first-order valence-electron chi connectivity index (χ1n) is 4.95. The van der Waals surface area contributed by atoms with E-state index in [0.717, 1.165) is 25.8 Å². The van der Waals surface area contributed by atoms with Gasteiger partial charge >= 0.3 is 0 Å². The summed E-state index contributed by atoms with van der Waals surface area (Å²) in [5.41, 5.74) is 1.20. The lowest BCUT2D eigenvalue weighted by molar-refractivity contribution is 1.09. The third kappa shape index (κ3) is 3.53. The fourth-order valence-corrected chi connectivity index (χ4v) is 2.92. The largest absolute Gasteiger partial charge is 0.365 e. The van der Waals surface area contributed by atoms with E-state index in [2.05, 4.69) is 64.2 Å². The summed E-state index contributed by atoms with van der Waals surface area (Å²) in [6.45, 7) is 0.731. The molecule has 0 unspecified atom stereocenters. The van der Waals surface area contributed by atoms with Crippen LogP contribution in [-0.4, -0.2) is 4.98 Å². The van der Waals surface area contributed by atoms with Gasteiger partial charge < -0.3 is 5.32 Å². The van der Waals surface area contributed by atoms with Gasteiger partial charge in [0.15, 0.2) is 0 Å². The van der Waals surface area contributed by atoms with Gasteiger partial charge in [0.25, 0.3) is 0 Å². The molecule has 1 aromatic carbocycles. The number of hydrogen-bond donors (Lipinski definition) is 1. The number of pyridine rings is 1. The summed E-state index contributed by atoms with van der Waals surface area (Å²) in [6, 6.07) is 10.1. The second kappa shape index (κ2) is 5.98.